The van der Waals surface area contributed by atoms with E-state index < -0.39 is 0 Å². The van der Waals surface area contributed by atoms with Gasteiger partial charge in [0.05, 0.1) is 19.1 Å². The number of amides is 1. The standard InChI is InChI=1S/C12H13BrFNO2/c13-9-1-2-11(14)8(5-9)6-12(16)15-10-3-4-17-7-10/h1-2,5,10H,3-4,6-7H2,(H,15,16). The molecule has 1 heterocycles. The molecule has 1 amide bonds. The van der Waals surface area contributed by atoms with E-state index in [1.807, 2.05) is 0 Å². The lowest BCUT2D eigenvalue weighted by Crippen LogP contribution is -2.36. The Labute approximate surface area is 107 Å². The summed E-state index contributed by atoms with van der Waals surface area (Å²) in [5, 5.41) is 2.83. The molecular formula is C12H13BrFNO2. The number of carbonyl (C=O) groups excluding carboxylic acids is 1. The normalized spacial score (nSPS) is 19.3. The average molecular weight is 302 g/mol. The highest BCUT2D eigenvalue weighted by molar-refractivity contribution is 9.10. The van der Waals surface area contributed by atoms with Gasteiger partial charge in [0.15, 0.2) is 0 Å². The molecule has 0 saturated carbocycles. The highest BCUT2D eigenvalue weighted by atomic mass is 79.9. The minimum absolute atomic E-state index is 0.0573. The fourth-order valence-electron chi connectivity index (χ4n) is 1.78. The highest BCUT2D eigenvalue weighted by Gasteiger charge is 2.18. The number of hydrogen-bond donors (Lipinski definition) is 1. The molecule has 1 fully saturated rings. The summed E-state index contributed by atoms with van der Waals surface area (Å²) in [6.07, 6.45) is 0.883. The lowest BCUT2D eigenvalue weighted by molar-refractivity contribution is -0.121. The Morgan fingerprint density at radius 3 is 3.12 bits per heavy atom. The van der Waals surface area contributed by atoms with Gasteiger partial charge in [0.25, 0.3) is 0 Å². The second kappa shape index (κ2) is 5.60. The van der Waals surface area contributed by atoms with Crippen molar-refractivity contribution in [3.05, 3.63) is 34.1 Å². The van der Waals surface area contributed by atoms with Crippen LogP contribution in [0.25, 0.3) is 0 Å². The van der Waals surface area contributed by atoms with E-state index in [0.717, 1.165) is 10.9 Å². The van der Waals surface area contributed by atoms with Crippen molar-refractivity contribution in [2.24, 2.45) is 0 Å². The van der Waals surface area contributed by atoms with Crippen LogP contribution in [0.15, 0.2) is 22.7 Å². The first-order valence-electron chi connectivity index (χ1n) is 5.46. The lowest BCUT2D eigenvalue weighted by atomic mass is 10.1. The van der Waals surface area contributed by atoms with E-state index in [9.17, 15) is 9.18 Å². The molecular weight excluding hydrogens is 289 g/mol. The second-order valence-electron chi connectivity index (χ2n) is 4.04. The predicted molar refractivity (Wildman–Crippen MR) is 65.2 cm³/mol. The molecule has 0 aliphatic carbocycles. The van der Waals surface area contributed by atoms with Crippen LogP contribution in [0.3, 0.4) is 0 Å². The lowest BCUT2D eigenvalue weighted by Gasteiger charge is -2.11. The monoisotopic (exact) mass is 301 g/mol. The zero-order chi connectivity index (χ0) is 12.3. The van der Waals surface area contributed by atoms with Crippen molar-refractivity contribution in [3.63, 3.8) is 0 Å². The average Bonchev–Trinajstić information content (AvgIpc) is 2.76. The van der Waals surface area contributed by atoms with Gasteiger partial charge >= 0.3 is 0 Å². The van der Waals surface area contributed by atoms with Gasteiger partial charge in [0.1, 0.15) is 5.82 Å². The molecule has 0 spiro atoms. The summed E-state index contributed by atoms with van der Waals surface area (Å²) in [5.41, 5.74) is 0.399. The molecule has 2 rings (SSSR count). The van der Waals surface area contributed by atoms with Gasteiger partial charge in [0, 0.05) is 11.1 Å². The van der Waals surface area contributed by atoms with Crippen LogP contribution in [0.5, 0.6) is 0 Å². The minimum Gasteiger partial charge on any atom is -0.379 e. The SMILES string of the molecule is O=C(Cc1cc(Br)ccc1F)NC1CCOC1. The van der Waals surface area contributed by atoms with Gasteiger partial charge in [-0.05, 0) is 30.2 Å². The number of nitrogens with one attached hydrogen (secondary N) is 1. The summed E-state index contributed by atoms with van der Waals surface area (Å²) >= 11 is 3.26. The third-order valence-electron chi connectivity index (χ3n) is 2.65. The number of rotatable bonds is 3. The molecule has 1 aromatic carbocycles. The fourth-order valence-corrected chi connectivity index (χ4v) is 2.19. The third kappa shape index (κ3) is 3.51. The number of carbonyl (C=O) groups is 1. The molecule has 92 valence electrons. The van der Waals surface area contributed by atoms with Gasteiger partial charge in [-0.25, -0.2) is 4.39 Å². The van der Waals surface area contributed by atoms with E-state index in [1.54, 1.807) is 12.1 Å². The van der Waals surface area contributed by atoms with Crippen LogP contribution in [0, 0.1) is 5.82 Å². The zero-order valence-electron chi connectivity index (χ0n) is 9.21. The molecule has 0 radical (unpaired) electrons. The van der Waals surface area contributed by atoms with Gasteiger partial charge in [-0.2, -0.15) is 0 Å². The van der Waals surface area contributed by atoms with Crippen molar-refractivity contribution >= 4 is 21.8 Å². The Morgan fingerprint density at radius 1 is 1.59 bits per heavy atom. The number of halogens is 2. The molecule has 17 heavy (non-hydrogen) atoms. The minimum atomic E-state index is -0.356. The van der Waals surface area contributed by atoms with Crippen LogP contribution in [-0.4, -0.2) is 25.2 Å². The van der Waals surface area contributed by atoms with Crippen LogP contribution in [0.4, 0.5) is 4.39 Å². The maximum atomic E-state index is 13.4. The zero-order valence-corrected chi connectivity index (χ0v) is 10.8. The molecule has 5 heteroatoms. The Bertz CT molecular complexity index is 419. The Hall–Kier alpha value is -0.940. The summed E-state index contributed by atoms with van der Waals surface area (Å²) < 4.78 is 19.3. The number of hydrogen-bond acceptors (Lipinski definition) is 2. The molecule has 1 saturated heterocycles. The summed E-state index contributed by atoms with van der Waals surface area (Å²) in [5.74, 6) is -0.525. The largest absolute Gasteiger partial charge is 0.379 e. The van der Waals surface area contributed by atoms with Crippen LogP contribution in [0.2, 0.25) is 0 Å². The molecule has 1 aliphatic heterocycles. The molecule has 1 unspecified atom stereocenters. The Kier molecular flexibility index (Phi) is 4.12. The Morgan fingerprint density at radius 2 is 2.41 bits per heavy atom. The number of benzene rings is 1. The molecule has 1 atom stereocenters. The molecule has 0 aromatic heterocycles. The summed E-state index contributed by atoms with van der Waals surface area (Å²) in [6.45, 7) is 1.23. The first-order valence-corrected chi connectivity index (χ1v) is 6.25. The fraction of sp³-hybridized carbons (Fsp3) is 0.417. The van der Waals surface area contributed by atoms with Gasteiger partial charge in [-0.15, -0.1) is 0 Å². The van der Waals surface area contributed by atoms with Crippen molar-refractivity contribution < 1.29 is 13.9 Å². The maximum Gasteiger partial charge on any atom is 0.224 e. The second-order valence-corrected chi connectivity index (χ2v) is 4.96. The van der Waals surface area contributed by atoms with E-state index in [0.29, 0.717) is 18.8 Å². The van der Waals surface area contributed by atoms with Crippen molar-refractivity contribution in [2.45, 2.75) is 18.9 Å². The van der Waals surface area contributed by atoms with Gasteiger partial charge < -0.3 is 10.1 Å². The molecule has 1 N–H and O–H groups in total. The van der Waals surface area contributed by atoms with Gasteiger partial charge in [0.2, 0.25) is 5.91 Å². The smallest absolute Gasteiger partial charge is 0.224 e. The summed E-state index contributed by atoms with van der Waals surface area (Å²) in [6, 6.07) is 4.66. The maximum absolute atomic E-state index is 13.4. The molecule has 0 bridgehead atoms. The number of ether oxygens (including phenoxy) is 1. The van der Waals surface area contributed by atoms with E-state index in [-0.39, 0.29) is 24.2 Å². The first kappa shape index (κ1) is 12.5. The molecule has 3 nitrogen and oxygen atoms in total. The van der Waals surface area contributed by atoms with Crippen LogP contribution >= 0.6 is 15.9 Å². The van der Waals surface area contributed by atoms with Gasteiger partial charge in [-0.3, -0.25) is 4.79 Å². The van der Waals surface area contributed by atoms with Crippen molar-refractivity contribution in [3.8, 4) is 0 Å². The quantitative estimate of drug-likeness (QED) is 0.928. The van der Waals surface area contributed by atoms with E-state index in [1.165, 1.54) is 6.07 Å². The predicted octanol–water partition coefficient (Wildman–Crippen LogP) is 2.04. The van der Waals surface area contributed by atoms with E-state index in [4.69, 9.17) is 4.74 Å². The van der Waals surface area contributed by atoms with Crippen LogP contribution in [-0.2, 0) is 16.0 Å². The van der Waals surface area contributed by atoms with Crippen molar-refractivity contribution in [1.29, 1.82) is 0 Å². The van der Waals surface area contributed by atoms with Crippen molar-refractivity contribution in [1.82, 2.24) is 5.32 Å². The van der Waals surface area contributed by atoms with Crippen LogP contribution in [0.1, 0.15) is 12.0 Å². The highest BCUT2D eigenvalue weighted by Crippen LogP contribution is 2.16. The third-order valence-corrected chi connectivity index (χ3v) is 3.15. The molecule has 1 aliphatic rings. The van der Waals surface area contributed by atoms with Gasteiger partial charge in [-0.1, -0.05) is 15.9 Å². The van der Waals surface area contributed by atoms with Crippen molar-refractivity contribution in [2.75, 3.05) is 13.2 Å². The van der Waals surface area contributed by atoms with E-state index >= 15 is 0 Å². The topological polar surface area (TPSA) is 38.3 Å². The van der Waals surface area contributed by atoms with E-state index in [2.05, 4.69) is 21.2 Å². The Balaban J connectivity index is 1.95. The first-order chi connectivity index (χ1) is 8.15. The summed E-state index contributed by atoms with van der Waals surface area (Å²) in [7, 11) is 0. The summed E-state index contributed by atoms with van der Waals surface area (Å²) in [4.78, 5) is 11.7. The molecule has 1 aromatic rings. The van der Waals surface area contributed by atoms with Crippen LogP contribution < -0.4 is 5.32 Å².